The molecule has 1 amide bonds. The van der Waals surface area contributed by atoms with E-state index in [4.69, 9.17) is 85.9 Å². The van der Waals surface area contributed by atoms with Crippen LogP contribution in [0.25, 0.3) is 0 Å². The maximum atomic E-state index is 10.9. The fourth-order valence-electron chi connectivity index (χ4n) is 5.64. The lowest BCUT2D eigenvalue weighted by atomic mass is 10.2. The SMILES string of the molecule is CC1=Nc2cc([N+](=O)[O-])ccc2OC1.COC(C)CN=C1COc2ccc([N+](=O)[O-])cc2N1.COC(CN)OC.O=C1COc2ccc([N+](=O)[O-])cc2N1.O=[N+]([O-])c1ccc2c(c1)NC(=S)CO2.S=PP(P=S)P=S=S=S=S=S=S=S=S. The van der Waals surface area contributed by atoms with E-state index in [9.17, 15) is 45.3 Å². The van der Waals surface area contributed by atoms with Crippen LogP contribution in [-0.2, 0) is 117 Å². The van der Waals surface area contributed by atoms with Crippen molar-refractivity contribution in [3.05, 3.63) is 113 Å². The Kier molecular flexibility index (Phi) is 35.0. The Bertz CT molecular complexity index is 3320. The van der Waals surface area contributed by atoms with Crippen LogP contribution in [0.3, 0.4) is 0 Å². The molecule has 8 rings (SSSR count). The van der Waals surface area contributed by atoms with Crippen LogP contribution in [0.4, 0.5) is 45.5 Å². The number of nitrogens with one attached hydrogen (secondary N) is 3. The van der Waals surface area contributed by atoms with Gasteiger partial charge in [-0.05, 0) is 112 Å². The maximum Gasteiger partial charge on any atom is 0.271 e. The average Bonchev–Trinajstić information content (AvgIpc) is 3.69. The molecule has 4 heterocycles. The van der Waals surface area contributed by atoms with Crippen molar-refractivity contribution < 1.29 is 57.6 Å². The van der Waals surface area contributed by atoms with Crippen molar-refractivity contribution in [3.63, 3.8) is 0 Å². The Morgan fingerprint density at radius 1 is 0.683 bits per heavy atom. The lowest BCUT2D eigenvalue weighted by Gasteiger charge is -2.20. The summed E-state index contributed by atoms with van der Waals surface area (Å²) in [5.74, 6) is 2.56. The number of methoxy groups -OCH3 is 3. The van der Waals surface area contributed by atoms with E-state index < -0.39 is 19.7 Å². The number of nitrogens with zero attached hydrogens (tertiary/aromatic N) is 6. The quantitative estimate of drug-likeness (QED) is 0.0318. The third-order valence-corrected chi connectivity index (χ3v) is 43.4. The lowest BCUT2D eigenvalue weighted by Crippen LogP contribution is -2.27. The zero-order valence-electron chi connectivity index (χ0n) is 42.9. The van der Waals surface area contributed by atoms with Crippen LogP contribution >= 0.6 is 40.3 Å². The topological polar surface area (TPSA) is 341 Å². The average molecular weight is 1410 g/mol. The fourth-order valence-corrected chi connectivity index (χ4v) is 41.1. The second kappa shape index (κ2) is 40.0. The predicted octanol–water partition coefficient (Wildman–Crippen LogP) is 9.55. The third kappa shape index (κ3) is 26.6. The number of benzene rings is 4. The summed E-state index contributed by atoms with van der Waals surface area (Å²) in [4.78, 5) is 60.1. The molecule has 0 aromatic heterocycles. The monoisotopic (exact) mass is 1410 g/mol. The second-order valence-corrected chi connectivity index (χ2v) is 41.3. The van der Waals surface area contributed by atoms with Gasteiger partial charge in [-0.1, -0.05) is 35.8 Å². The van der Waals surface area contributed by atoms with Crippen LogP contribution in [-0.4, -0.2) is 115 Å². The molecule has 0 bridgehead atoms. The van der Waals surface area contributed by atoms with Gasteiger partial charge in [0.15, 0.2) is 12.9 Å². The number of nitro groups is 4. The lowest BCUT2D eigenvalue weighted by molar-refractivity contribution is -0.385. The number of carbonyl (C=O) groups excluding carboxylic acids is 1. The van der Waals surface area contributed by atoms with Crippen molar-refractivity contribution in [1.29, 1.82) is 0 Å². The summed E-state index contributed by atoms with van der Waals surface area (Å²) < 4.78 is 35.6. The molecule has 26 nitrogen and oxygen atoms in total. The van der Waals surface area contributed by atoms with E-state index in [2.05, 4.69) is 25.9 Å². The molecular formula is C41H46N10O16P4S11. The van der Waals surface area contributed by atoms with Gasteiger partial charge in [0.25, 0.3) is 28.7 Å². The molecule has 4 aromatic carbocycles. The molecule has 0 saturated carbocycles. The molecule has 0 saturated heterocycles. The Hall–Kier alpha value is -4.45. The first-order valence-electron chi connectivity index (χ1n) is 22.1. The van der Waals surface area contributed by atoms with Gasteiger partial charge in [0.05, 0.1) is 62.1 Å². The first kappa shape index (κ1) is 71.8. The highest BCUT2D eigenvalue weighted by molar-refractivity contribution is 8.87. The first-order chi connectivity index (χ1) is 39.3. The van der Waals surface area contributed by atoms with Crippen LogP contribution in [0.1, 0.15) is 13.8 Å². The van der Waals surface area contributed by atoms with E-state index in [1.54, 1.807) is 83.9 Å². The molecule has 1 unspecified atom stereocenters. The van der Waals surface area contributed by atoms with Gasteiger partial charge in [0.1, 0.15) is 59.3 Å². The van der Waals surface area contributed by atoms with Crippen molar-refractivity contribution in [2.75, 3.05) is 76.8 Å². The molecule has 1 atom stereocenters. The number of hydrogen-bond donors (Lipinski definition) is 4. The minimum absolute atomic E-state index is 0.0146. The largest absolute Gasteiger partial charge is 0.485 e. The first-order valence-corrected chi connectivity index (χ1v) is 41.1. The van der Waals surface area contributed by atoms with Crippen molar-refractivity contribution >= 4 is 206 Å². The number of aliphatic imine (C=N–C) groups is 2. The highest BCUT2D eigenvalue weighted by Gasteiger charge is 2.21. The summed E-state index contributed by atoms with van der Waals surface area (Å²) >= 11 is 19.5. The fraction of sp³-hybridized carbons (Fsp3) is 0.317. The second-order valence-electron chi connectivity index (χ2n) is 14.9. The minimum Gasteiger partial charge on any atom is -0.485 e. The standard InChI is InChI=1S/C12H15N3O4.C9H8N2O3.C8H6N2O4.C8H6N2O3S.C4H11NO2.P4S10/c1-8(18-2)6-13-12-7-19-11-4-3-9(15(16)17)5-10(11)14-12;1-6-5-14-9-3-2-7(11(12)13)4-8(9)10-6;11-8-4-14-7-2-1-5(10(12)13)3-6(7)9-8;11-10(12)5-1-2-7-6(3-5)9-8(14)4-13-7;1-6-4(3-5)7-2;5-1-4(2-6)3-8-10-12-14-13-11-9-7/h3-5,8H,6-7H2,1-2H3,(H,13,14);2-4H,5H2,1H3;1-3H,4H2,(H,9,11);1-3H,4H2,(H,9,14);4H,3,5H2,1-2H3;. The maximum absolute atomic E-state index is 10.9. The highest BCUT2D eigenvalue weighted by atomic mass is 33.4. The molecule has 5 N–H and O–H groups in total. The van der Waals surface area contributed by atoms with Gasteiger partial charge >= 0.3 is 0 Å². The van der Waals surface area contributed by atoms with Gasteiger partial charge < -0.3 is 54.8 Å². The summed E-state index contributed by atoms with van der Waals surface area (Å²) in [6, 6.07) is 17.2. The van der Waals surface area contributed by atoms with E-state index in [1.807, 2.05) is 23.3 Å². The third-order valence-electron chi connectivity index (χ3n) is 9.41. The zero-order chi connectivity index (χ0) is 60.6. The summed E-state index contributed by atoms with van der Waals surface area (Å²) in [5.41, 5.74) is 7.94. The van der Waals surface area contributed by atoms with E-state index in [-0.39, 0.29) is 54.6 Å². The van der Waals surface area contributed by atoms with Crippen LogP contribution in [0, 0.1) is 40.5 Å². The zero-order valence-corrected chi connectivity index (χ0v) is 55.5. The Morgan fingerprint density at radius 2 is 1.15 bits per heavy atom. The highest BCUT2D eigenvalue weighted by Crippen LogP contribution is 2.69. The number of non-ortho nitro benzene ring substituents is 4. The van der Waals surface area contributed by atoms with Crippen LogP contribution < -0.4 is 40.6 Å². The Morgan fingerprint density at radius 3 is 1.63 bits per heavy atom. The minimum atomic E-state index is -0.527. The summed E-state index contributed by atoms with van der Waals surface area (Å²) in [5, 5.41) is 50.5. The summed E-state index contributed by atoms with van der Waals surface area (Å²) in [6.45, 7) is 5.53. The van der Waals surface area contributed by atoms with Crippen LogP contribution in [0.5, 0.6) is 23.0 Å². The number of hydrogen-bond acceptors (Lipinski definition) is 23. The number of thiocarbonyl (C=S) groups is 1. The number of rotatable bonds is 13. The predicted molar refractivity (Wildman–Crippen MR) is 353 cm³/mol. The summed E-state index contributed by atoms with van der Waals surface area (Å²) in [7, 11) is 20.0. The van der Waals surface area contributed by atoms with E-state index in [0.29, 0.717) is 89.5 Å². The van der Waals surface area contributed by atoms with Gasteiger partial charge in [-0.3, -0.25) is 55.2 Å². The van der Waals surface area contributed by atoms with Gasteiger partial charge in [-0.25, -0.2) is 0 Å². The molecule has 0 fully saturated rings. The molecule has 4 aromatic rings. The molecule has 4 aliphatic rings. The number of nitrogens with two attached hydrogens (primary N) is 1. The smallest absolute Gasteiger partial charge is 0.271 e. The summed E-state index contributed by atoms with van der Waals surface area (Å²) in [6.07, 6.45) is -0.221. The molecule has 0 radical (unpaired) electrons. The molecule has 0 aliphatic carbocycles. The van der Waals surface area contributed by atoms with Crippen molar-refractivity contribution in [3.8, 4) is 23.0 Å². The number of amides is 1. The van der Waals surface area contributed by atoms with Crippen LogP contribution in [0.15, 0.2) is 82.8 Å². The van der Waals surface area contributed by atoms with Gasteiger partial charge in [0.2, 0.25) is 0 Å². The molecule has 82 heavy (non-hydrogen) atoms. The molecule has 4 aliphatic heterocycles. The number of carbonyl (C=O) groups is 1. The Balaban J connectivity index is 0.000000263. The van der Waals surface area contributed by atoms with E-state index >= 15 is 0 Å². The number of nitro benzene ring substituents is 4. The van der Waals surface area contributed by atoms with Gasteiger partial charge in [-0.2, -0.15) is 0 Å². The van der Waals surface area contributed by atoms with Crippen LogP contribution in [0.2, 0.25) is 0 Å². The van der Waals surface area contributed by atoms with Crippen molar-refractivity contribution in [2.24, 2.45) is 15.7 Å². The molecule has 442 valence electrons. The number of anilines is 3. The number of fused-ring (bicyclic) bond motifs is 4. The van der Waals surface area contributed by atoms with E-state index in [1.165, 1.54) is 70.5 Å². The van der Waals surface area contributed by atoms with Gasteiger partial charge in [-0.15, -0.1) is 0 Å². The Labute approximate surface area is 514 Å². The number of ether oxygens (including phenoxy) is 7. The van der Waals surface area contributed by atoms with E-state index in [0.717, 1.165) is 19.8 Å². The molecule has 41 heteroatoms. The van der Waals surface area contributed by atoms with Crippen molar-refractivity contribution in [2.45, 2.75) is 26.2 Å². The molecule has 0 spiro atoms. The number of amidine groups is 1. The molecular weight excluding hydrogens is 1370 g/mol. The van der Waals surface area contributed by atoms with Crippen molar-refractivity contribution in [1.82, 2.24) is 0 Å². The van der Waals surface area contributed by atoms with Gasteiger partial charge in [0, 0.05) is 97.5 Å². The normalized spacial score (nSPS) is 14.0.